The molecule has 2 aromatic carbocycles. The first-order valence-electron chi connectivity index (χ1n) is 7.41. The van der Waals surface area contributed by atoms with Crippen LogP contribution >= 0.6 is 0 Å². The highest BCUT2D eigenvalue weighted by molar-refractivity contribution is 5.81. The van der Waals surface area contributed by atoms with Gasteiger partial charge in [-0.2, -0.15) is 13.9 Å². The molecule has 0 saturated carbocycles. The third-order valence-corrected chi connectivity index (χ3v) is 3.68. The number of ether oxygens (including phenoxy) is 2. The molecule has 7 heteroatoms. The number of para-hydroxylation sites is 1. The highest BCUT2D eigenvalue weighted by Crippen LogP contribution is 2.26. The molecule has 0 aliphatic carbocycles. The summed E-state index contributed by atoms with van der Waals surface area (Å²) in [7, 11) is 1.48. The van der Waals surface area contributed by atoms with Crippen molar-refractivity contribution in [3.63, 3.8) is 0 Å². The topological polar surface area (TPSA) is 59.2 Å². The second-order valence-electron chi connectivity index (χ2n) is 5.21. The Labute approximate surface area is 137 Å². The molecule has 1 heterocycles. The van der Waals surface area contributed by atoms with Gasteiger partial charge in [0.15, 0.2) is 0 Å². The summed E-state index contributed by atoms with van der Waals surface area (Å²) in [6, 6.07) is 10.8. The second kappa shape index (κ2) is 7.27. The van der Waals surface area contributed by atoms with Crippen LogP contribution in [0.2, 0.25) is 0 Å². The molecule has 0 fully saturated rings. The minimum Gasteiger partial charge on any atom is -0.497 e. The fourth-order valence-corrected chi connectivity index (χ4v) is 2.52. The van der Waals surface area contributed by atoms with Crippen molar-refractivity contribution in [1.82, 2.24) is 15.5 Å². The quantitative estimate of drug-likeness (QED) is 0.695. The number of benzene rings is 2. The first-order valence-corrected chi connectivity index (χ1v) is 7.41. The predicted octanol–water partition coefficient (Wildman–Crippen LogP) is 3.46. The third kappa shape index (κ3) is 3.62. The van der Waals surface area contributed by atoms with Crippen LogP contribution in [-0.4, -0.2) is 23.9 Å². The predicted molar refractivity (Wildman–Crippen MR) is 86.3 cm³/mol. The Kier molecular flexibility index (Phi) is 4.90. The van der Waals surface area contributed by atoms with Crippen LogP contribution in [-0.2, 0) is 13.1 Å². The number of hydrogen-bond donors (Lipinski definition) is 2. The second-order valence-corrected chi connectivity index (χ2v) is 5.21. The molecular weight excluding hydrogens is 316 g/mol. The van der Waals surface area contributed by atoms with E-state index in [-0.39, 0.29) is 5.75 Å². The molecule has 2 N–H and O–H groups in total. The van der Waals surface area contributed by atoms with E-state index in [2.05, 4.69) is 20.3 Å². The standard InChI is InChI=1S/C17H17F2N3O2/c1-23-14-6-5-11(15(7-14)24-17(18)19)8-20-9-12-3-2-4-13-10-21-22-16(12)13/h2-7,10,17,20H,8-9H2,1H3,(H,21,22). The van der Waals surface area contributed by atoms with E-state index in [1.54, 1.807) is 18.3 Å². The molecule has 1 aromatic heterocycles. The summed E-state index contributed by atoms with van der Waals surface area (Å²) < 4.78 is 34.8. The molecule has 0 aliphatic heterocycles. The fourth-order valence-electron chi connectivity index (χ4n) is 2.52. The van der Waals surface area contributed by atoms with Crippen molar-refractivity contribution in [3.05, 3.63) is 53.7 Å². The van der Waals surface area contributed by atoms with Gasteiger partial charge in [0.05, 0.1) is 18.8 Å². The van der Waals surface area contributed by atoms with Crippen LogP contribution in [0.3, 0.4) is 0 Å². The molecule has 3 aromatic rings. The molecular formula is C17H17F2N3O2. The minimum atomic E-state index is -2.88. The van der Waals surface area contributed by atoms with Crippen LogP contribution in [0.15, 0.2) is 42.6 Å². The number of H-pyrrole nitrogens is 1. The van der Waals surface area contributed by atoms with E-state index in [0.717, 1.165) is 16.5 Å². The SMILES string of the molecule is COc1ccc(CNCc2cccc3cn[nH]c23)c(OC(F)F)c1. The normalized spacial score (nSPS) is 11.2. The number of halogens is 2. The third-order valence-electron chi connectivity index (χ3n) is 3.68. The Balaban J connectivity index is 1.71. The zero-order valence-electron chi connectivity index (χ0n) is 13.1. The van der Waals surface area contributed by atoms with Gasteiger partial charge >= 0.3 is 6.61 Å². The van der Waals surface area contributed by atoms with Crippen molar-refractivity contribution in [2.45, 2.75) is 19.7 Å². The summed E-state index contributed by atoms with van der Waals surface area (Å²) in [6.07, 6.45) is 1.76. The van der Waals surface area contributed by atoms with Gasteiger partial charge in [-0.15, -0.1) is 0 Å². The van der Waals surface area contributed by atoms with Crippen molar-refractivity contribution >= 4 is 10.9 Å². The number of fused-ring (bicyclic) bond motifs is 1. The van der Waals surface area contributed by atoms with Crippen LogP contribution in [0.1, 0.15) is 11.1 Å². The molecule has 0 amide bonds. The van der Waals surface area contributed by atoms with Crippen molar-refractivity contribution < 1.29 is 18.3 Å². The molecule has 0 radical (unpaired) electrons. The Bertz CT molecular complexity index is 820. The number of aromatic nitrogens is 2. The lowest BCUT2D eigenvalue weighted by Crippen LogP contribution is -2.15. The molecule has 0 atom stereocenters. The zero-order valence-corrected chi connectivity index (χ0v) is 13.1. The molecule has 5 nitrogen and oxygen atoms in total. The highest BCUT2D eigenvalue weighted by Gasteiger charge is 2.11. The summed E-state index contributed by atoms with van der Waals surface area (Å²) >= 11 is 0. The average Bonchev–Trinajstić information content (AvgIpc) is 3.05. The van der Waals surface area contributed by atoms with E-state index >= 15 is 0 Å². The Morgan fingerprint density at radius 1 is 1.17 bits per heavy atom. The van der Waals surface area contributed by atoms with Crippen molar-refractivity contribution in [1.29, 1.82) is 0 Å². The van der Waals surface area contributed by atoms with Gasteiger partial charge in [0.25, 0.3) is 0 Å². The Morgan fingerprint density at radius 2 is 2.00 bits per heavy atom. The number of rotatable bonds is 7. The van der Waals surface area contributed by atoms with Crippen LogP contribution in [0.25, 0.3) is 10.9 Å². The van der Waals surface area contributed by atoms with Gasteiger partial charge in [0.2, 0.25) is 0 Å². The number of nitrogens with one attached hydrogen (secondary N) is 2. The maximum absolute atomic E-state index is 12.6. The van der Waals surface area contributed by atoms with Gasteiger partial charge in [0, 0.05) is 30.1 Å². The van der Waals surface area contributed by atoms with E-state index in [1.807, 2.05) is 18.2 Å². The summed E-state index contributed by atoms with van der Waals surface area (Å²) in [6.45, 7) is -1.93. The average molecular weight is 333 g/mol. The molecule has 3 rings (SSSR count). The summed E-state index contributed by atoms with van der Waals surface area (Å²) in [5, 5.41) is 11.2. The van der Waals surface area contributed by atoms with Crippen LogP contribution in [0.5, 0.6) is 11.5 Å². The summed E-state index contributed by atoms with van der Waals surface area (Å²) in [4.78, 5) is 0. The fraction of sp³-hybridized carbons (Fsp3) is 0.235. The summed E-state index contributed by atoms with van der Waals surface area (Å²) in [5.41, 5.74) is 2.64. The first kappa shape index (κ1) is 16.2. The molecule has 0 saturated heterocycles. The van der Waals surface area contributed by atoms with Crippen molar-refractivity contribution in [2.24, 2.45) is 0 Å². The van der Waals surface area contributed by atoms with E-state index in [1.165, 1.54) is 13.2 Å². The van der Waals surface area contributed by atoms with Crippen molar-refractivity contribution in [2.75, 3.05) is 7.11 Å². The van der Waals surface area contributed by atoms with Crippen LogP contribution in [0.4, 0.5) is 8.78 Å². The summed E-state index contributed by atoms with van der Waals surface area (Å²) in [5.74, 6) is 0.577. The van der Waals surface area contributed by atoms with Gasteiger partial charge < -0.3 is 14.8 Å². The maximum atomic E-state index is 12.6. The Morgan fingerprint density at radius 3 is 2.79 bits per heavy atom. The smallest absolute Gasteiger partial charge is 0.387 e. The molecule has 126 valence electrons. The van der Waals surface area contributed by atoms with Gasteiger partial charge in [0.1, 0.15) is 11.5 Å². The molecule has 0 aliphatic rings. The van der Waals surface area contributed by atoms with E-state index in [9.17, 15) is 8.78 Å². The number of alkyl halides is 2. The minimum absolute atomic E-state index is 0.108. The highest BCUT2D eigenvalue weighted by atomic mass is 19.3. The van der Waals surface area contributed by atoms with E-state index in [0.29, 0.717) is 24.4 Å². The molecule has 24 heavy (non-hydrogen) atoms. The Hall–Kier alpha value is -2.67. The lowest BCUT2D eigenvalue weighted by Gasteiger charge is -2.13. The lowest BCUT2D eigenvalue weighted by atomic mass is 10.1. The number of methoxy groups -OCH3 is 1. The molecule has 0 spiro atoms. The lowest BCUT2D eigenvalue weighted by molar-refractivity contribution is -0.0505. The van der Waals surface area contributed by atoms with Gasteiger partial charge in [-0.05, 0) is 11.6 Å². The van der Waals surface area contributed by atoms with Gasteiger partial charge in [-0.1, -0.05) is 24.3 Å². The maximum Gasteiger partial charge on any atom is 0.387 e. The molecule has 0 unspecified atom stereocenters. The van der Waals surface area contributed by atoms with Crippen molar-refractivity contribution in [3.8, 4) is 11.5 Å². The largest absolute Gasteiger partial charge is 0.497 e. The van der Waals surface area contributed by atoms with Gasteiger partial charge in [-0.25, -0.2) is 0 Å². The zero-order chi connectivity index (χ0) is 16.9. The van der Waals surface area contributed by atoms with E-state index in [4.69, 9.17) is 4.74 Å². The molecule has 0 bridgehead atoms. The van der Waals surface area contributed by atoms with Gasteiger partial charge in [-0.3, -0.25) is 5.10 Å². The van der Waals surface area contributed by atoms with E-state index < -0.39 is 6.61 Å². The van der Waals surface area contributed by atoms with Crippen LogP contribution < -0.4 is 14.8 Å². The number of nitrogens with zero attached hydrogens (tertiary/aromatic N) is 1. The number of aromatic amines is 1. The van der Waals surface area contributed by atoms with Crippen LogP contribution in [0, 0.1) is 0 Å². The number of hydrogen-bond acceptors (Lipinski definition) is 4. The first-order chi connectivity index (χ1) is 11.7. The monoisotopic (exact) mass is 333 g/mol.